The topological polar surface area (TPSA) is 44.5 Å². The van der Waals surface area contributed by atoms with E-state index in [2.05, 4.69) is 0 Å². The summed E-state index contributed by atoms with van der Waals surface area (Å²) in [5, 5.41) is 0. The fourth-order valence-electron chi connectivity index (χ4n) is 1.65. The van der Waals surface area contributed by atoms with Crippen LogP contribution in [0, 0.1) is 5.82 Å². The number of unbranched alkanes of at least 4 members (excludes halogenated alkanes) is 1. The number of ether oxygens (including phenoxy) is 2. The second kappa shape index (κ2) is 6.33. The molecule has 2 N–H and O–H groups in total. The standard InChI is InChI=1S/C12H18FNO2/c1-15-11-7-6-10(13)9(12(11)16-2)5-3-4-8-14/h6-7H,3-5,8,14H2,1-2H3. The van der Waals surface area contributed by atoms with E-state index in [0.29, 0.717) is 30.0 Å². The Labute approximate surface area is 95.4 Å². The van der Waals surface area contributed by atoms with Crippen molar-refractivity contribution in [1.82, 2.24) is 0 Å². The van der Waals surface area contributed by atoms with Gasteiger partial charge in [-0.25, -0.2) is 4.39 Å². The maximum absolute atomic E-state index is 13.6. The van der Waals surface area contributed by atoms with Crippen LogP contribution >= 0.6 is 0 Å². The summed E-state index contributed by atoms with van der Waals surface area (Å²) in [5.74, 6) is 0.792. The van der Waals surface area contributed by atoms with Crippen LogP contribution in [-0.4, -0.2) is 20.8 Å². The van der Waals surface area contributed by atoms with Gasteiger partial charge >= 0.3 is 0 Å². The predicted octanol–water partition coefficient (Wildman–Crippen LogP) is 2.12. The van der Waals surface area contributed by atoms with Gasteiger partial charge in [-0.3, -0.25) is 0 Å². The van der Waals surface area contributed by atoms with Crippen LogP contribution in [0.3, 0.4) is 0 Å². The van der Waals surface area contributed by atoms with Crippen LogP contribution in [0.5, 0.6) is 11.5 Å². The van der Waals surface area contributed by atoms with Gasteiger partial charge < -0.3 is 15.2 Å². The molecule has 3 nitrogen and oxygen atoms in total. The minimum atomic E-state index is -0.255. The molecular weight excluding hydrogens is 209 g/mol. The number of nitrogens with two attached hydrogens (primary N) is 1. The van der Waals surface area contributed by atoms with Gasteiger partial charge in [-0.05, 0) is 37.9 Å². The fourth-order valence-corrected chi connectivity index (χ4v) is 1.65. The van der Waals surface area contributed by atoms with Crippen LogP contribution in [0.1, 0.15) is 18.4 Å². The molecule has 0 aliphatic heterocycles. The molecule has 0 aliphatic carbocycles. The van der Waals surface area contributed by atoms with Crippen molar-refractivity contribution < 1.29 is 13.9 Å². The molecule has 0 radical (unpaired) electrons. The lowest BCUT2D eigenvalue weighted by Gasteiger charge is -2.13. The molecule has 0 bridgehead atoms. The van der Waals surface area contributed by atoms with Gasteiger partial charge in [0.15, 0.2) is 11.5 Å². The molecule has 0 atom stereocenters. The van der Waals surface area contributed by atoms with Crippen molar-refractivity contribution in [2.24, 2.45) is 5.73 Å². The largest absolute Gasteiger partial charge is 0.493 e. The molecule has 1 rings (SSSR count). The van der Waals surface area contributed by atoms with Gasteiger partial charge in [-0.2, -0.15) is 0 Å². The van der Waals surface area contributed by atoms with Crippen molar-refractivity contribution in [1.29, 1.82) is 0 Å². The van der Waals surface area contributed by atoms with Gasteiger partial charge in [0.05, 0.1) is 14.2 Å². The van der Waals surface area contributed by atoms with Crippen molar-refractivity contribution in [2.75, 3.05) is 20.8 Å². The van der Waals surface area contributed by atoms with Crippen LogP contribution in [0.25, 0.3) is 0 Å². The van der Waals surface area contributed by atoms with Crippen molar-refractivity contribution in [2.45, 2.75) is 19.3 Å². The molecule has 0 unspecified atom stereocenters. The zero-order chi connectivity index (χ0) is 12.0. The Hall–Kier alpha value is -1.29. The van der Waals surface area contributed by atoms with E-state index in [-0.39, 0.29) is 5.82 Å². The van der Waals surface area contributed by atoms with Gasteiger partial charge in [0.1, 0.15) is 5.82 Å². The lowest BCUT2D eigenvalue weighted by atomic mass is 10.1. The van der Waals surface area contributed by atoms with Crippen LogP contribution in [0.2, 0.25) is 0 Å². The number of rotatable bonds is 6. The van der Waals surface area contributed by atoms with Gasteiger partial charge in [0.2, 0.25) is 0 Å². The molecule has 1 aromatic rings. The van der Waals surface area contributed by atoms with Crippen molar-refractivity contribution in [3.05, 3.63) is 23.5 Å². The highest BCUT2D eigenvalue weighted by atomic mass is 19.1. The van der Waals surface area contributed by atoms with Crippen molar-refractivity contribution in [3.8, 4) is 11.5 Å². The first-order chi connectivity index (χ1) is 7.74. The second-order valence-corrected chi connectivity index (χ2v) is 3.51. The highest BCUT2D eigenvalue weighted by Crippen LogP contribution is 2.33. The first-order valence-electron chi connectivity index (χ1n) is 5.34. The van der Waals surface area contributed by atoms with E-state index in [0.717, 1.165) is 12.8 Å². The lowest BCUT2D eigenvalue weighted by molar-refractivity contribution is 0.347. The zero-order valence-corrected chi connectivity index (χ0v) is 9.75. The zero-order valence-electron chi connectivity index (χ0n) is 9.75. The van der Waals surface area contributed by atoms with Crippen LogP contribution in [0.4, 0.5) is 4.39 Å². The number of methoxy groups -OCH3 is 2. The maximum atomic E-state index is 13.6. The van der Waals surface area contributed by atoms with Crippen LogP contribution in [0.15, 0.2) is 12.1 Å². The number of benzene rings is 1. The lowest BCUT2D eigenvalue weighted by Crippen LogP contribution is -2.02. The summed E-state index contributed by atoms with van der Waals surface area (Å²) >= 11 is 0. The number of hydrogen-bond acceptors (Lipinski definition) is 3. The van der Waals surface area contributed by atoms with E-state index < -0.39 is 0 Å². The van der Waals surface area contributed by atoms with E-state index in [1.807, 2.05) is 0 Å². The molecule has 90 valence electrons. The predicted molar refractivity (Wildman–Crippen MR) is 61.5 cm³/mol. The van der Waals surface area contributed by atoms with Crippen LogP contribution in [-0.2, 0) is 6.42 Å². The Bertz CT molecular complexity index is 342. The van der Waals surface area contributed by atoms with Gasteiger partial charge in [0.25, 0.3) is 0 Å². The van der Waals surface area contributed by atoms with Crippen molar-refractivity contribution in [3.63, 3.8) is 0 Å². The summed E-state index contributed by atoms with van der Waals surface area (Å²) in [6.45, 7) is 0.619. The molecule has 0 aliphatic rings. The highest BCUT2D eigenvalue weighted by molar-refractivity contribution is 5.47. The molecule has 0 saturated heterocycles. The molecule has 0 amide bonds. The molecule has 0 heterocycles. The summed E-state index contributed by atoms with van der Waals surface area (Å²) in [4.78, 5) is 0. The Balaban J connectivity index is 2.94. The van der Waals surface area contributed by atoms with Gasteiger partial charge in [-0.1, -0.05) is 0 Å². The molecular formula is C12H18FNO2. The average Bonchev–Trinajstić information content (AvgIpc) is 2.31. The molecule has 0 spiro atoms. The Morgan fingerprint density at radius 3 is 2.50 bits per heavy atom. The van der Waals surface area contributed by atoms with E-state index in [1.165, 1.54) is 13.2 Å². The van der Waals surface area contributed by atoms with E-state index in [9.17, 15) is 4.39 Å². The number of halogens is 1. The third kappa shape index (κ3) is 2.85. The first kappa shape index (κ1) is 12.8. The van der Waals surface area contributed by atoms with Gasteiger partial charge in [0, 0.05) is 5.56 Å². The van der Waals surface area contributed by atoms with E-state index in [1.54, 1.807) is 13.2 Å². The monoisotopic (exact) mass is 227 g/mol. The Morgan fingerprint density at radius 1 is 1.19 bits per heavy atom. The highest BCUT2D eigenvalue weighted by Gasteiger charge is 2.14. The minimum absolute atomic E-state index is 0.255. The number of hydrogen-bond donors (Lipinski definition) is 1. The van der Waals surface area contributed by atoms with Crippen LogP contribution < -0.4 is 15.2 Å². The van der Waals surface area contributed by atoms with E-state index >= 15 is 0 Å². The van der Waals surface area contributed by atoms with Gasteiger partial charge in [-0.15, -0.1) is 0 Å². The normalized spacial score (nSPS) is 10.2. The maximum Gasteiger partial charge on any atom is 0.166 e. The summed E-state index contributed by atoms with van der Waals surface area (Å²) in [7, 11) is 3.06. The molecule has 1 aromatic carbocycles. The summed E-state index contributed by atoms with van der Waals surface area (Å²) in [6, 6.07) is 2.97. The minimum Gasteiger partial charge on any atom is -0.493 e. The summed E-state index contributed by atoms with van der Waals surface area (Å²) in [6.07, 6.45) is 2.33. The summed E-state index contributed by atoms with van der Waals surface area (Å²) in [5.41, 5.74) is 5.97. The smallest absolute Gasteiger partial charge is 0.166 e. The Kier molecular flexibility index (Phi) is 5.05. The quantitative estimate of drug-likeness (QED) is 0.757. The Morgan fingerprint density at radius 2 is 1.94 bits per heavy atom. The molecule has 0 saturated carbocycles. The average molecular weight is 227 g/mol. The SMILES string of the molecule is COc1ccc(F)c(CCCCN)c1OC. The molecule has 16 heavy (non-hydrogen) atoms. The molecule has 4 heteroatoms. The molecule has 0 aromatic heterocycles. The molecule has 0 fully saturated rings. The summed E-state index contributed by atoms with van der Waals surface area (Å²) < 4.78 is 23.9. The fraction of sp³-hybridized carbons (Fsp3) is 0.500. The third-order valence-electron chi connectivity index (χ3n) is 2.47. The van der Waals surface area contributed by atoms with E-state index in [4.69, 9.17) is 15.2 Å². The van der Waals surface area contributed by atoms with Crippen molar-refractivity contribution >= 4 is 0 Å². The third-order valence-corrected chi connectivity index (χ3v) is 2.47. The first-order valence-corrected chi connectivity index (χ1v) is 5.34. The second-order valence-electron chi connectivity index (χ2n) is 3.51.